The van der Waals surface area contributed by atoms with Gasteiger partial charge < -0.3 is 21.4 Å². The highest BCUT2D eigenvalue weighted by Gasteiger charge is 2.42. The van der Waals surface area contributed by atoms with E-state index in [1.165, 1.54) is 0 Å². The Bertz CT molecular complexity index is 304. The van der Waals surface area contributed by atoms with Gasteiger partial charge in [-0.25, -0.2) is 0 Å². The first-order valence-electron chi connectivity index (χ1n) is 5.97. The van der Waals surface area contributed by atoms with Crippen molar-refractivity contribution in [1.82, 2.24) is 5.32 Å². The maximum absolute atomic E-state index is 12.6. The van der Waals surface area contributed by atoms with Crippen molar-refractivity contribution in [2.45, 2.75) is 39.0 Å². The molecule has 8 heteroatoms. The summed E-state index contributed by atoms with van der Waals surface area (Å²) in [5, 5.41) is 23.2. The van der Waals surface area contributed by atoms with Gasteiger partial charge in [-0.05, 0) is 19.3 Å². The molecule has 0 aliphatic heterocycles. The van der Waals surface area contributed by atoms with Gasteiger partial charge in [0.05, 0.1) is 5.60 Å². The predicted molar refractivity (Wildman–Crippen MR) is 65.9 cm³/mol. The van der Waals surface area contributed by atoms with E-state index < -0.39 is 30.1 Å². The van der Waals surface area contributed by atoms with Gasteiger partial charge in [-0.15, -0.1) is 0 Å². The first-order chi connectivity index (χ1) is 8.49. The average Bonchev–Trinajstić information content (AvgIpc) is 2.19. The summed E-state index contributed by atoms with van der Waals surface area (Å²) in [6.45, 7) is 4.81. The van der Waals surface area contributed by atoms with Crippen LogP contribution in [0, 0.1) is 11.8 Å². The molecule has 5 N–H and O–H groups in total. The number of hydrogen-bond acceptors (Lipinski definition) is 4. The van der Waals surface area contributed by atoms with Gasteiger partial charge in [-0.1, -0.05) is 19.0 Å². The van der Waals surface area contributed by atoms with E-state index in [9.17, 15) is 18.3 Å². The SMILES string of the molecule is CC(C)CC(C)(O)CNCC(C(N)=NO)C(F)(F)F. The van der Waals surface area contributed by atoms with Crippen LogP contribution in [0.3, 0.4) is 0 Å². The number of hydrogen-bond donors (Lipinski definition) is 4. The van der Waals surface area contributed by atoms with Crippen LogP contribution >= 0.6 is 0 Å². The van der Waals surface area contributed by atoms with E-state index in [1.807, 2.05) is 13.8 Å². The second kappa shape index (κ2) is 6.95. The van der Waals surface area contributed by atoms with Gasteiger partial charge in [-0.3, -0.25) is 0 Å². The van der Waals surface area contributed by atoms with Crippen LogP contribution in [0.4, 0.5) is 13.2 Å². The quantitative estimate of drug-likeness (QED) is 0.245. The van der Waals surface area contributed by atoms with Gasteiger partial charge in [-0.2, -0.15) is 13.2 Å². The topological polar surface area (TPSA) is 90.9 Å². The van der Waals surface area contributed by atoms with E-state index in [1.54, 1.807) is 6.92 Å². The Morgan fingerprint density at radius 2 is 1.89 bits per heavy atom. The van der Waals surface area contributed by atoms with Crippen LogP contribution in [-0.4, -0.2) is 41.0 Å². The first-order valence-corrected chi connectivity index (χ1v) is 5.97. The lowest BCUT2D eigenvalue weighted by atomic mass is 9.94. The summed E-state index contributed by atoms with van der Waals surface area (Å²) in [5.41, 5.74) is 3.91. The average molecular weight is 285 g/mol. The molecule has 0 bridgehead atoms. The molecular formula is C11H22F3N3O2. The van der Waals surface area contributed by atoms with E-state index in [-0.39, 0.29) is 12.5 Å². The lowest BCUT2D eigenvalue weighted by Gasteiger charge is -2.27. The molecule has 114 valence electrons. The smallest absolute Gasteiger partial charge is 0.400 e. The maximum atomic E-state index is 12.6. The second-order valence-electron chi connectivity index (χ2n) is 5.34. The Labute approximate surface area is 110 Å². The van der Waals surface area contributed by atoms with Gasteiger partial charge in [0.25, 0.3) is 0 Å². The van der Waals surface area contributed by atoms with Gasteiger partial charge in [0, 0.05) is 13.1 Å². The third-order valence-electron chi connectivity index (χ3n) is 2.57. The van der Waals surface area contributed by atoms with Crippen molar-refractivity contribution >= 4 is 5.84 Å². The third kappa shape index (κ3) is 7.22. The molecule has 2 atom stereocenters. The summed E-state index contributed by atoms with van der Waals surface area (Å²) >= 11 is 0. The molecule has 0 aliphatic carbocycles. The second-order valence-corrected chi connectivity index (χ2v) is 5.34. The lowest BCUT2D eigenvalue weighted by Crippen LogP contribution is -2.46. The monoisotopic (exact) mass is 285 g/mol. The lowest BCUT2D eigenvalue weighted by molar-refractivity contribution is -0.155. The molecule has 0 saturated heterocycles. The Morgan fingerprint density at radius 3 is 2.26 bits per heavy atom. The fourth-order valence-electron chi connectivity index (χ4n) is 1.90. The molecule has 0 amide bonds. The van der Waals surface area contributed by atoms with Crippen molar-refractivity contribution in [2.75, 3.05) is 13.1 Å². The molecule has 0 aromatic carbocycles. The molecule has 0 aliphatic rings. The molecule has 19 heavy (non-hydrogen) atoms. The predicted octanol–water partition coefficient (Wildman–Crippen LogP) is 1.30. The van der Waals surface area contributed by atoms with Crippen molar-refractivity contribution in [3.8, 4) is 0 Å². The molecule has 0 heterocycles. The van der Waals surface area contributed by atoms with Gasteiger partial charge in [0.2, 0.25) is 0 Å². The van der Waals surface area contributed by atoms with Crippen molar-refractivity contribution in [1.29, 1.82) is 0 Å². The van der Waals surface area contributed by atoms with Crippen molar-refractivity contribution < 1.29 is 23.5 Å². The highest BCUT2D eigenvalue weighted by molar-refractivity contribution is 5.83. The zero-order valence-electron chi connectivity index (χ0n) is 11.3. The molecule has 0 aromatic rings. The van der Waals surface area contributed by atoms with Crippen LogP contribution < -0.4 is 11.1 Å². The molecule has 0 rings (SSSR count). The van der Waals surface area contributed by atoms with E-state index in [2.05, 4.69) is 10.5 Å². The third-order valence-corrected chi connectivity index (χ3v) is 2.57. The minimum atomic E-state index is -4.60. The van der Waals surface area contributed by atoms with Crippen LogP contribution in [-0.2, 0) is 0 Å². The summed E-state index contributed by atoms with van der Waals surface area (Å²) in [4.78, 5) is 0. The maximum Gasteiger partial charge on any atom is 0.400 e. The van der Waals surface area contributed by atoms with E-state index in [4.69, 9.17) is 10.9 Å². The summed E-state index contributed by atoms with van der Waals surface area (Å²) in [6.07, 6.45) is -4.15. The Hall–Kier alpha value is -1.02. The zero-order valence-corrected chi connectivity index (χ0v) is 11.3. The van der Waals surface area contributed by atoms with E-state index in [0.717, 1.165) is 0 Å². The van der Waals surface area contributed by atoms with Crippen LogP contribution in [0.2, 0.25) is 0 Å². The van der Waals surface area contributed by atoms with Crippen molar-refractivity contribution in [3.63, 3.8) is 0 Å². The number of amidine groups is 1. The number of rotatable bonds is 7. The highest BCUT2D eigenvalue weighted by Crippen LogP contribution is 2.26. The number of oxime groups is 1. The summed E-state index contributed by atoms with van der Waals surface area (Å²) < 4.78 is 37.8. The molecule has 0 spiro atoms. The summed E-state index contributed by atoms with van der Waals surface area (Å²) in [6, 6.07) is 0. The number of alkyl halides is 3. The number of nitrogens with one attached hydrogen (secondary N) is 1. The molecule has 5 nitrogen and oxygen atoms in total. The zero-order chi connectivity index (χ0) is 15.3. The van der Waals surface area contributed by atoms with Gasteiger partial charge >= 0.3 is 6.18 Å². The van der Waals surface area contributed by atoms with Crippen LogP contribution in [0.1, 0.15) is 27.2 Å². The number of nitrogens with two attached hydrogens (primary N) is 1. The fraction of sp³-hybridized carbons (Fsp3) is 0.909. The minimum Gasteiger partial charge on any atom is -0.409 e. The number of aliphatic hydroxyl groups is 1. The molecule has 0 fully saturated rings. The van der Waals surface area contributed by atoms with Crippen molar-refractivity contribution in [3.05, 3.63) is 0 Å². The van der Waals surface area contributed by atoms with Crippen LogP contribution in [0.25, 0.3) is 0 Å². The molecule has 0 saturated carbocycles. The molecule has 0 aromatic heterocycles. The Morgan fingerprint density at radius 1 is 1.37 bits per heavy atom. The number of halogens is 3. The fourth-order valence-corrected chi connectivity index (χ4v) is 1.90. The number of nitrogens with zero attached hydrogens (tertiary/aromatic N) is 1. The summed E-state index contributed by atoms with van der Waals surface area (Å²) in [7, 11) is 0. The summed E-state index contributed by atoms with van der Waals surface area (Å²) in [5.74, 6) is -2.75. The normalized spacial score (nSPS) is 18.4. The largest absolute Gasteiger partial charge is 0.409 e. The van der Waals surface area contributed by atoms with Gasteiger partial charge in [0.15, 0.2) is 5.84 Å². The van der Waals surface area contributed by atoms with Crippen LogP contribution in [0.15, 0.2) is 5.16 Å². The minimum absolute atomic E-state index is 0.00350. The highest BCUT2D eigenvalue weighted by atomic mass is 19.4. The Balaban J connectivity index is 4.44. The Kier molecular flexibility index (Phi) is 6.58. The van der Waals surface area contributed by atoms with Crippen molar-refractivity contribution in [2.24, 2.45) is 22.7 Å². The molecular weight excluding hydrogens is 263 g/mol. The van der Waals surface area contributed by atoms with Crippen LogP contribution in [0.5, 0.6) is 0 Å². The standard InChI is InChI=1S/C11H22F3N3O2/c1-7(2)4-10(3,18)6-16-5-8(9(15)17-19)11(12,13)14/h7-8,16,18-19H,4-6H2,1-3H3,(H2,15,17). The first kappa shape index (κ1) is 18.0. The molecule has 0 radical (unpaired) electrons. The van der Waals surface area contributed by atoms with E-state index >= 15 is 0 Å². The van der Waals surface area contributed by atoms with Gasteiger partial charge in [0.1, 0.15) is 5.92 Å². The molecule has 2 unspecified atom stereocenters. The van der Waals surface area contributed by atoms with E-state index in [0.29, 0.717) is 6.42 Å².